The summed E-state index contributed by atoms with van der Waals surface area (Å²) in [5.41, 5.74) is 0. The zero-order chi connectivity index (χ0) is 32.0. The van der Waals surface area contributed by atoms with Gasteiger partial charge in [0.05, 0.1) is 0 Å². The van der Waals surface area contributed by atoms with Crippen LogP contribution in [0.25, 0.3) is 0 Å². The zero-order valence-corrected chi connectivity index (χ0v) is 6.00. The maximum absolute atomic E-state index is 7.96. The van der Waals surface area contributed by atoms with Crippen LogP contribution in [0, 0.1) is 0 Å². The summed E-state index contributed by atoms with van der Waals surface area (Å²) in [4.78, 5) is 0. The molecule has 0 aromatic heterocycles. The van der Waals surface area contributed by atoms with Gasteiger partial charge in [0, 0.05) is 35.6 Å². The lowest BCUT2D eigenvalue weighted by Gasteiger charge is -1.99. The Hall–Kier alpha value is 0. The van der Waals surface area contributed by atoms with Crippen molar-refractivity contribution < 1.29 is 35.6 Å². The summed E-state index contributed by atoms with van der Waals surface area (Å²) in [6.45, 7) is -7.98. The first-order valence-electron chi connectivity index (χ1n) is 15.8. The normalized spacial score (nSPS) is 56.7. The minimum Gasteiger partial charge on any atom is -0.0654 e. The predicted molar refractivity (Wildman–Crippen MR) is 57.5 cm³/mol. The Labute approximate surface area is 115 Å². The third-order valence-electron chi connectivity index (χ3n) is 0.562. The fourth-order valence-corrected chi connectivity index (χ4v) is 0.250. The third-order valence-corrected chi connectivity index (χ3v) is 0.562. The van der Waals surface area contributed by atoms with E-state index >= 15 is 0 Å². The van der Waals surface area contributed by atoms with E-state index in [9.17, 15) is 0 Å². The van der Waals surface area contributed by atoms with Gasteiger partial charge in [0.15, 0.2) is 0 Å². The highest BCUT2D eigenvalue weighted by atomic mass is 14.0. The maximum Gasteiger partial charge on any atom is 0.0267 e. The molecule has 0 spiro atoms. The van der Waals surface area contributed by atoms with Gasteiger partial charge in [0.1, 0.15) is 0 Å². The van der Waals surface area contributed by atoms with Gasteiger partial charge >= 0.3 is 0 Å². The van der Waals surface area contributed by atoms with Crippen LogP contribution in [-0.4, -0.2) is 0 Å². The largest absolute Gasteiger partial charge is 0.0654 e. The molecule has 0 nitrogen and oxygen atoms in total. The van der Waals surface area contributed by atoms with Crippen molar-refractivity contribution in [3.05, 3.63) is 0 Å². The molecule has 0 bridgehead atoms. The molecular formula is C12H26. The van der Waals surface area contributed by atoms with Crippen molar-refractivity contribution in [3.63, 3.8) is 0 Å². The van der Waals surface area contributed by atoms with Gasteiger partial charge in [-0.1, -0.05) is 77.4 Å². The molecule has 0 fully saturated rings. The van der Waals surface area contributed by atoms with Crippen molar-refractivity contribution in [2.45, 2.75) is 77.4 Å². The molecule has 0 aliphatic rings. The summed E-state index contributed by atoms with van der Waals surface area (Å²) in [6.07, 6.45) is -46.0. The van der Waals surface area contributed by atoms with Crippen LogP contribution >= 0.6 is 0 Å². The molecule has 74 valence electrons. The van der Waals surface area contributed by atoms with E-state index in [1.54, 1.807) is 0 Å². The zero-order valence-electron chi connectivity index (χ0n) is 32.0. The molecule has 0 aliphatic heterocycles. The molecule has 0 aliphatic carbocycles. The van der Waals surface area contributed by atoms with E-state index in [-0.39, 0.29) is 0 Å². The van der Waals surface area contributed by atoms with Gasteiger partial charge in [0.2, 0.25) is 0 Å². The molecule has 0 N–H and O–H groups in total. The van der Waals surface area contributed by atoms with E-state index in [2.05, 4.69) is 0 Å². The van der Waals surface area contributed by atoms with E-state index < -0.39 is 77.4 Å². The summed E-state index contributed by atoms with van der Waals surface area (Å²) in [6, 6.07) is 0. The van der Waals surface area contributed by atoms with Gasteiger partial charge in [-0.05, 0) is 0 Å². The predicted octanol–water partition coefficient (Wildman–Crippen LogP) is 4.93. The Balaban J connectivity index is 7.29. The highest BCUT2D eigenvalue weighted by Crippen LogP contribution is 2.09. The van der Waals surface area contributed by atoms with Crippen molar-refractivity contribution in [2.24, 2.45) is 0 Å². The summed E-state index contributed by atoms with van der Waals surface area (Å²) in [7, 11) is 0. The van der Waals surface area contributed by atoms with Gasteiger partial charge in [-0.2, -0.15) is 0 Å². The quantitative estimate of drug-likeness (QED) is 0.491. The van der Waals surface area contributed by atoms with Crippen molar-refractivity contribution in [1.82, 2.24) is 0 Å². The molecule has 0 radical (unpaired) electrons. The molecule has 12 heavy (non-hydrogen) atoms. The van der Waals surface area contributed by atoms with Crippen molar-refractivity contribution in [1.29, 1.82) is 0 Å². The van der Waals surface area contributed by atoms with Gasteiger partial charge in [-0.3, -0.25) is 0 Å². The molecule has 0 rings (SSSR count). The SMILES string of the molecule is [2H]C([2H])([2H])C([2H])([2H])C([2H])([2H])C([2H])([2H])C([2H])([2H])C([2H])([2H])C([2H])([2H])C([2H])([2H])C([2H])([2H])C([2H])([2H])C([2H])([2H])C([2H])([2H])[2H]. The standard InChI is InChI=1S/C12H26/c1-3-5-7-9-11-12-10-8-6-4-2/h3-12H2,1-2H3/i1D3,2D3,3D2,4D2,5D2,6D2,7D2,8D2,9D2,10D2,11D2,12D2. The minimum absolute atomic E-state index is 3.99. The first-order chi connectivity index (χ1) is 15.8. The fourth-order valence-electron chi connectivity index (χ4n) is 0.250. The second-order valence-electron chi connectivity index (χ2n) is 1.25. The average molecular weight is 196 g/mol. The van der Waals surface area contributed by atoms with Crippen LogP contribution in [0.4, 0.5) is 0 Å². The second kappa shape index (κ2) is 11.0. The summed E-state index contributed by atoms with van der Waals surface area (Å²) in [5.74, 6) is 0. The minimum atomic E-state index is -4.80. The summed E-state index contributed by atoms with van der Waals surface area (Å²) >= 11 is 0. The topological polar surface area (TPSA) is 0 Å². The lowest BCUT2D eigenvalue weighted by molar-refractivity contribution is 0.562. The molecule has 0 aromatic rings. The van der Waals surface area contributed by atoms with Gasteiger partial charge in [-0.15, -0.1) is 0 Å². The Bertz CT molecular complexity index is 792. The first kappa shape index (κ1) is 1.06. The van der Waals surface area contributed by atoms with E-state index in [1.165, 1.54) is 0 Å². The molecule has 0 amide bonds. The van der Waals surface area contributed by atoms with Crippen LogP contribution in [0.3, 0.4) is 0 Å². The molecule has 0 heteroatoms. The average Bonchev–Trinajstić information content (AvgIpc) is 2.64. The molecule has 0 saturated heterocycles. The lowest BCUT2D eigenvalue weighted by atomic mass is 10.1. The lowest BCUT2D eigenvalue weighted by Crippen LogP contribution is -1.80. The van der Waals surface area contributed by atoms with Crippen LogP contribution in [0.5, 0.6) is 0 Å². The smallest absolute Gasteiger partial charge is 0.0267 e. The van der Waals surface area contributed by atoms with Gasteiger partial charge in [-0.25, -0.2) is 0 Å². The highest BCUT2D eigenvalue weighted by molar-refractivity contribution is 4.45. The Morgan fingerprint density at radius 1 is 0.667 bits per heavy atom. The van der Waals surface area contributed by atoms with Crippen LogP contribution in [0.1, 0.15) is 113 Å². The Kier molecular flexibility index (Phi) is 0.972. The highest BCUT2D eigenvalue weighted by Gasteiger charge is 1.90. The summed E-state index contributed by atoms with van der Waals surface area (Å²) < 4.78 is 199. The van der Waals surface area contributed by atoms with Crippen molar-refractivity contribution in [3.8, 4) is 0 Å². The van der Waals surface area contributed by atoms with Crippen molar-refractivity contribution >= 4 is 0 Å². The fraction of sp³-hybridized carbons (Fsp3) is 1.00. The third kappa shape index (κ3) is 10.0. The number of hydrogen-bond acceptors (Lipinski definition) is 0. The molecule has 0 heterocycles. The molecule has 0 saturated carbocycles. The van der Waals surface area contributed by atoms with Crippen molar-refractivity contribution in [2.75, 3.05) is 0 Å². The summed E-state index contributed by atoms with van der Waals surface area (Å²) in [5, 5.41) is 0. The molecular weight excluding hydrogens is 144 g/mol. The van der Waals surface area contributed by atoms with E-state index in [0.717, 1.165) is 0 Å². The van der Waals surface area contributed by atoms with E-state index in [4.69, 9.17) is 35.6 Å². The van der Waals surface area contributed by atoms with Crippen LogP contribution < -0.4 is 0 Å². The molecule has 0 atom stereocenters. The second-order valence-corrected chi connectivity index (χ2v) is 1.25. The van der Waals surface area contributed by atoms with Crippen LogP contribution in [0.15, 0.2) is 0 Å². The van der Waals surface area contributed by atoms with Crippen LogP contribution in [-0.2, 0) is 0 Å². The van der Waals surface area contributed by atoms with E-state index in [1.807, 2.05) is 0 Å². The molecule has 0 aromatic carbocycles. The monoisotopic (exact) mass is 196 g/mol. The Morgan fingerprint density at radius 2 is 1.00 bits per heavy atom. The van der Waals surface area contributed by atoms with Gasteiger partial charge in [0.25, 0.3) is 0 Å². The number of rotatable bonds is 9. The van der Waals surface area contributed by atoms with Crippen LogP contribution in [0.2, 0.25) is 0 Å². The number of hydrogen-bond donors (Lipinski definition) is 0. The first-order valence-corrected chi connectivity index (χ1v) is 2.75. The Morgan fingerprint density at radius 3 is 1.33 bits per heavy atom. The van der Waals surface area contributed by atoms with E-state index in [0.29, 0.717) is 0 Å². The maximum atomic E-state index is 7.96. The molecule has 0 unspecified atom stereocenters. The van der Waals surface area contributed by atoms with Gasteiger partial charge < -0.3 is 0 Å².